The molecule has 0 amide bonds. The number of thioether (sulfide) groups is 1. The van der Waals surface area contributed by atoms with E-state index in [-0.39, 0.29) is 12.1 Å². The van der Waals surface area contributed by atoms with Crippen LogP contribution in [0.3, 0.4) is 0 Å². The zero-order chi connectivity index (χ0) is 10.7. The van der Waals surface area contributed by atoms with Gasteiger partial charge in [0.05, 0.1) is 18.6 Å². The van der Waals surface area contributed by atoms with Crippen molar-refractivity contribution in [2.45, 2.75) is 18.6 Å². The Bertz CT molecular complexity index is 289. The third-order valence-corrected chi connectivity index (χ3v) is 3.96. The SMILES string of the molecule is CN1CCSCC1C(O)Cc1ccoc1. The lowest BCUT2D eigenvalue weighted by Gasteiger charge is -2.35. The van der Waals surface area contributed by atoms with Gasteiger partial charge in [0.25, 0.3) is 0 Å². The number of furan rings is 1. The molecule has 2 rings (SSSR count). The van der Waals surface area contributed by atoms with Gasteiger partial charge < -0.3 is 9.52 Å². The van der Waals surface area contributed by atoms with Crippen molar-refractivity contribution in [1.29, 1.82) is 0 Å². The molecule has 1 aromatic heterocycles. The van der Waals surface area contributed by atoms with E-state index in [1.807, 2.05) is 17.8 Å². The van der Waals surface area contributed by atoms with Crippen LogP contribution in [0.15, 0.2) is 23.0 Å². The molecule has 0 spiro atoms. The quantitative estimate of drug-likeness (QED) is 0.842. The van der Waals surface area contributed by atoms with Gasteiger partial charge in [-0.3, -0.25) is 4.90 Å². The number of hydrogen-bond donors (Lipinski definition) is 1. The molecule has 1 aliphatic rings. The monoisotopic (exact) mass is 227 g/mol. The molecule has 0 aromatic carbocycles. The van der Waals surface area contributed by atoms with Crippen LogP contribution in [0, 0.1) is 0 Å². The molecule has 2 heterocycles. The van der Waals surface area contributed by atoms with E-state index in [0.29, 0.717) is 6.42 Å². The number of likely N-dealkylation sites (N-methyl/N-ethyl adjacent to an activating group) is 1. The Kier molecular flexibility index (Phi) is 3.72. The largest absolute Gasteiger partial charge is 0.472 e. The molecule has 2 unspecified atom stereocenters. The summed E-state index contributed by atoms with van der Waals surface area (Å²) < 4.78 is 5.00. The highest BCUT2D eigenvalue weighted by atomic mass is 32.2. The van der Waals surface area contributed by atoms with Gasteiger partial charge in [0.15, 0.2) is 0 Å². The van der Waals surface area contributed by atoms with Crippen molar-refractivity contribution >= 4 is 11.8 Å². The highest BCUT2D eigenvalue weighted by Gasteiger charge is 2.26. The van der Waals surface area contributed by atoms with E-state index in [9.17, 15) is 5.11 Å². The Labute approximate surface area is 94.5 Å². The van der Waals surface area contributed by atoms with Crippen LogP contribution in [-0.2, 0) is 6.42 Å². The minimum atomic E-state index is -0.291. The van der Waals surface area contributed by atoms with Gasteiger partial charge in [0, 0.05) is 30.5 Å². The van der Waals surface area contributed by atoms with Crippen molar-refractivity contribution in [2.75, 3.05) is 25.1 Å². The third-order valence-electron chi connectivity index (χ3n) is 2.91. The Hall–Kier alpha value is -0.450. The van der Waals surface area contributed by atoms with E-state index in [1.54, 1.807) is 12.5 Å². The van der Waals surface area contributed by atoms with Crippen LogP contribution in [0.5, 0.6) is 0 Å². The molecule has 15 heavy (non-hydrogen) atoms. The number of hydrogen-bond acceptors (Lipinski definition) is 4. The van der Waals surface area contributed by atoms with Gasteiger partial charge in [-0.1, -0.05) is 0 Å². The van der Waals surface area contributed by atoms with Crippen molar-refractivity contribution in [1.82, 2.24) is 4.90 Å². The second-order valence-electron chi connectivity index (χ2n) is 4.03. The highest BCUT2D eigenvalue weighted by Crippen LogP contribution is 2.19. The van der Waals surface area contributed by atoms with Gasteiger partial charge >= 0.3 is 0 Å². The van der Waals surface area contributed by atoms with Crippen molar-refractivity contribution < 1.29 is 9.52 Å². The first kappa shape index (κ1) is 11.0. The maximum absolute atomic E-state index is 10.1. The molecule has 4 heteroatoms. The molecule has 1 fully saturated rings. The van der Waals surface area contributed by atoms with Crippen LogP contribution in [0.2, 0.25) is 0 Å². The molecule has 1 aromatic rings. The lowest BCUT2D eigenvalue weighted by Crippen LogP contribution is -2.47. The summed E-state index contributed by atoms with van der Waals surface area (Å²) in [5.74, 6) is 2.20. The minimum Gasteiger partial charge on any atom is -0.472 e. The van der Waals surface area contributed by atoms with Crippen LogP contribution in [-0.4, -0.2) is 47.3 Å². The van der Waals surface area contributed by atoms with E-state index < -0.39 is 0 Å². The summed E-state index contributed by atoms with van der Waals surface area (Å²) in [7, 11) is 2.09. The van der Waals surface area contributed by atoms with Crippen molar-refractivity contribution in [3.8, 4) is 0 Å². The van der Waals surface area contributed by atoms with Crippen LogP contribution >= 0.6 is 11.8 Å². The zero-order valence-corrected chi connectivity index (χ0v) is 9.74. The van der Waals surface area contributed by atoms with Crippen molar-refractivity contribution in [3.05, 3.63) is 24.2 Å². The molecule has 0 bridgehead atoms. The molecular formula is C11H17NO2S. The van der Waals surface area contributed by atoms with E-state index in [0.717, 1.165) is 17.9 Å². The molecule has 84 valence electrons. The first-order chi connectivity index (χ1) is 7.27. The summed E-state index contributed by atoms with van der Waals surface area (Å²) in [6.07, 6.45) is 3.76. The molecule has 3 nitrogen and oxygen atoms in total. The summed E-state index contributed by atoms with van der Waals surface area (Å²) in [6, 6.07) is 2.19. The van der Waals surface area contributed by atoms with E-state index in [1.165, 1.54) is 5.75 Å². The summed E-state index contributed by atoms with van der Waals surface area (Å²) in [6.45, 7) is 1.07. The molecular weight excluding hydrogens is 210 g/mol. The van der Waals surface area contributed by atoms with Crippen molar-refractivity contribution in [2.24, 2.45) is 0 Å². The van der Waals surface area contributed by atoms with E-state index >= 15 is 0 Å². The Morgan fingerprint density at radius 3 is 3.27 bits per heavy atom. The standard InChI is InChI=1S/C11H17NO2S/c1-12-3-5-15-8-10(12)11(13)6-9-2-4-14-7-9/h2,4,7,10-11,13H,3,5-6,8H2,1H3. The summed E-state index contributed by atoms with van der Waals surface area (Å²) in [4.78, 5) is 2.25. The summed E-state index contributed by atoms with van der Waals surface area (Å²) in [5.41, 5.74) is 1.08. The van der Waals surface area contributed by atoms with E-state index in [4.69, 9.17) is 4.42 Å². The molecule has 0 radical (unpaired) electrons. The highest BCUT2D eigenvalue weighted by molar-refractivity contribution is 7.99. The fraction of sp³-hybridized carbons (Fsp3) is 0.636. The average Bonchev–Trinajstić information content (AvgIpc) is 2.71. The maximum atomic E-state index is 10.1. The van der Waals surface area contributed by atoms with Gasteiger partial charge in [-0.05, 0) is 18.7 Å². The van der Waals surface area contributed by atoms with Crippen LogP contribution in [0.25, 0.3) is 0 Å². The summed E-state index contributed by atoms with van der Waals surface area (Å²) >= 11 is 1.92. The van der Waals surface area contributed by atoms with Gasteiger partial charge in [0.1, 0.15) is 0 Å². The summed E-state index contributed by atoms with van der Waals surface area (Å²) in [5, 5.41) is 10.1. The molecule has 0 aliphatic carbocycles. The van der Waals surface area contributed by atoms with Crippen molar-refractivity contribution in [3.63, 3.8) is 0 Å². The fourth-order valence-corrected chi connectivity index (χ4v) is 3.20. The van der Waals surface area contributed by atoms with Gasteiger partial charge in [-0.25, -0.2) is 0 Å². The molecule has 1 aliphatic heterocycles. The first-order valence-electron chi connectivity index (χ1n) is 5.24. The Morgan fingerprint density at radius 2 is 2.60 bits per heavy atom. The topological polar surface area (TPSA) is 36.6 Å². The molecule has 2 atom stereocenters. The second kappa shape index (κ2) is 5.05. The number of nitrogens with zero attached hydrogens (tertiary/aromatic N) is 1. The lowest BCUT2D eigenvalue weighted by atomic mass is 10.0. The second-order valence-corrected chi connectivity index (χ2v) is 5.18. The first-order valence-corrected chi connectivity index (χ1v) is 6.40. The predicted octanol–water partition coefficient (Wildman–Crippen LogP) is 1.23. The Morgan fingerprint density at radius 1 is 1.73 bits per heavy atom. The fourth-order valence-electron chi connectivity index (χ4n) is 1.90. The van der Waals surface area contributed by atoms with E-state index in [2.05, 4.69) is 11.9 Å². The van der Waals surface area contributed by atoms with Gasteiger partial charge in [-0.2, -0.15) is 11.8 Å². The van der Waals surface area contributed by atoms with Gasteiger partial charge in [0.2, 0.25) is 0 Å². The normalized spacial score (nSPS) is 25.3. The van der Waals surface area contributed by atoms with Gasteiger partial charge in [-0.15, -0.1) is 0 Å². The Balaban J connectivity index is 1.91. The predicted molar refractivity (Wildman–Crippen MR) is 62.2 cm³/mol. The maximum Gasteiger partial charge on any atom is 0.0935 e. The molecule has 1 N–H and O–H groups in total. The number of aliphatic hydroxyl groups excluding tert-OH is 1. The molecule has 1 saturated heterocycles. The minimum absolute atomic E-state index is 0.277. The van der Waals surface area contributed by atoms with Crippen LogP contribution in [0.4, 0.5) is 0 Å². The van der Waals surface area contributed by atoms with Crippen LogP contribution in [0.1, 0.15) is 5.56 Å². The number of aliphatic hydroxyl groups is 1. The number of rotatable bonds is 3. The lowest BCUT2D eigenvalue weighted by molar-refractivity contribution is 0.0762. The average molecular weight is 227 g/mol. The third kappa shape index (κ3) is 2.77. The molecule has 0 saturated carbocycles. The van der Waals surface area contributed by atoms with Crippen LogP contribution < -0.4 is 0 Å². The smallest absolute Gasteiger partial charge is 0.0935 e. The zero-order valence-electron chi connectivity index (χ0n) is 8.93.